The molecule has 0 fully saturated rings. The molecule has 2 aromatic rings. The molecule has 1 unspecified atom stereocenters. The molecule has 4 nitrogen and oxygen atoms in total. The van der Waals surface area contributed by atoms with Gasteiger partial charge in [-0.2, -0.15) is 5.10 Å². The Morgan fingerprint density at radius 3 is 2.78 bits per heavy atom. The summed E-state index contributed by atoms with van der Waals surface area (Å²) >= 11 is 5.86. The minimum absolute atomic E-state index is 0.00472. The molecule has 1 amide bonds. The van der Waals surface area contributed by atoms with Crippen LogP contribution in [0.5, 0.6) is 0 Å². The molecule has 0 radical (unpaired) electrons. The number of alkyl halides is 1. The third-order valence-corrected chi connectivity index (χ3v) is 4.86. The minimum Gasteiger partial charge on any atom is -0.332 e. The van der Waals surface area contributed by atoms with E-state index in [1.165, 1.54) is 11.1 Å². The number of aryl methyl sites for hydroxylation is 3. The molecule has 0 aliphatic heterocycles. The normalized spacial score (nSPS) is 16.9. The molecule has 0 saturated carbocycles. The molecule has 1 aliphatic carbocycles. The summed E-state index contributed by atoms with van der Waals surface area (Å²) in [6.45, 7) is 2.53. The van der Waals surface area contributed by atoms with Crippen molar-refractivity contribution >= 4 is 17.5 Å². The summed E-state index contributed by atoms with van der Waals surface area (Å²) in [5, 5.41) is 4.38. The van der Waals surface area contributed by atoms with Crippen LogP contribution in [-0.4, -0.2) is 32.5 Å². The molecule has 1 aromatic heterocycles. The van der Waals surface area contributed by atoms with E-state index in [2.05, 4.69) is 29.4 Å². The van der Waals surface area contributed by atoms with Gasteiger partial charge in [-0.3, -0.25) is 9.48 Å². The molecule has 1 atom stereocenters. The van der Waals surface area contributed by atoms with Gasteiger partial charge < -0.3 is 4.90 Å². The van der Waals surface area contributed by atoms with Gasteiger partial charge in [0, 0.05) is 13.1 Å². The molecule has 1 heterocycles. The van der Waals surface area contributed by atoms with Crippen molar-refractivity contribution in [3.8, 4) is 0 Å². The van der Waals surface area contributed by atoms with Gasteiger partial charge in [-0.1, -0.05) is 24.3 Å². The molecule has 0 spiro atoms. The van der Waals surface area contributed by atoms with Crippen molar-refractivity contribution in [1.29, 1.82) is 0 Å². The second-order valence-electron chi connectivity index (χ2n) is 6.22. The Morgan fingerprint density at radius 1 is 1.39 bits per heavy atom. The monoisotopic (exact) mass is 331 g/mol. The smallest absolute Gasteiger partial charge is 0.238 e. The van der Waals surface area contributed by atoms with Crippen LogP contribution in [0.3, 0.4) is 0 Å². The summed E-state index contributed by atoms with van der Waals surface area (Å²) in [5.74, 6) is 0.0181. The fourth-order valence-electron chi connectivity index (χ4n) is 3.43. The maximum Gasteiger partial charge on any atom is 0.238 e. The minimum atomic E-state index is -0.00472. The molecular weight excluding hydrogens is 310 g/mol. The van der Waals surface area contributed by atoms with Crippen molar-refractivity contribution in [2.45, 2.75) is 38.8 Å². The zero-order chi connectivity index (χ0) is 16.4. The van der Waals surface area contributed by atoms with Gasteiger partial charge in [0.25, 0.3) is 0 Å². The van der Waals surface area contributed by atoms with E-state index in [4.69, 9.17) is 11.6 Å². The highest BCUT2D eigenvalue weighted by Gasteiger charge is 2.28. The third-order valence-electron chi connectivity index (χ3n) is 4.63. The maximum atomic E-state index is 12.4. The topological polar surface area (TPSA) is 38.1 Å². The van der Waals surface area contributed by atoms with Crippen molar-refractivity contribution in [2.24, 2.45) is 7.05 Å². The van der Waals surface area contributed by atoms with E-state index in [1.807, 2.05) is 29.6 Å². The lowest BCUT2D eigenvalue weighted by Crippen LogP contribution is -2.44. The number of hydrogen-bond acceptors (Lipinski definition) is 2. The number of nitrogens with zero attached hydrogens (tertiary/aromatic N) is 3. The second-order valence-corrected chi connectivity index (χ2v) is 6.49. The Labute approximate surface area is 142 Å². The molecule has 0 N–H and O–H groups in total. The number of benzene rings is 1. The number of carbonyl (C=O) groups is 1. The zero-order valence-electron chi connectivity index (χ0n) is 13.6. The Morgan fingerprint density at radius 2 is 2.13 bits per heavy atom. The average molecular weight is 332 g/mol. The van der Waals surface area contributed by atoms with Gasteiger partial charge in [-0.15, -0.1) is 11.6 Å². The number of aromatic nitrogens is 2. The lowest BCUT2D eigenvalue weighted by atomic mass is 9.87. The van der Waals surface area contributed by atoms with Crippen LogP contribution in [0.25, 0.3) is 0 Å². The highest BCUT2D eigenvalue weighted by Crippen LogP contribution is 2.26. The Balaban J connectivity index is 1.83. The van der Waals surface area contributed by atoms with Gasteiger partial charge in [0.05, 0.1) is 17.9 Å². The first-order valence-electron chi connectivity index (χ1n) is 8.00. The van der Waals surface area contributed by atoms with Crippen LogP contribution in [0.1, 0.15) is 28.9 Å². The molecule has 122 valence electrons. The van der Waals surface area contributed by atoms with E-state index in [9.17, 15) is 4.79 Å². The number of amides is 1. The number of fused-ring (bicyclic) bond motifs is 1. The van der Waals surface area contributed by atoms with Crippen LogP contribution in [-0.2, 0) is 31.2 Å². The molecule has 23 heavy (non-hydrogen) atoms. The molecule has 3 rings (SSSR count). The molecule has 1 aliphatic rings. The average Bonchev–Trinajstić information content (AvgIpc) is 2.89. The number of halogens is 1. The van der Waals surface area contributed by atoms with Gasteiger partial charge in [0.15, 0.2) is 0 Å². The van der Waals surface area contributed by atoms with E-state index in [-0.39, 0.29) is 17.8 Å². The van der Waals surface area contributed by atoms with Crippen molar-refractivity contribution in [1.82, 2.24) is 14.7 Å². The first-order chi connectivity index (χ1) is 11.1. The predicted octanol–water partition coefficient (Wildman–Crippen LogP) is 2.85. The standard InChI is InChI=1S/C18H22ClN3O/c1-13-9-17(21(2)20-13)12-22(18(23)11-19)16-8-7-14-5-3-4-6-15(14)10-16/h3-6,9,16H,7-8,10-12H2,1-2H3. The van der Waals surface area contributed by atoms with E-state index in [1.54, 1.807) is 0 Å². The summed E-state index contributed by atoms with van der Waals surface area (Å²) in [4.78, 5) is 14.3. The summed E-state index contributed by atoms with van der Waals surface area (Å²) in [6.07, 6.45) is 2.89. The van der Waals surface area contributed by atoms with E-state index in [0.717, 1.165) is 30.7 Å². The van der Waals surface area contributed by atoms with E-state index in [0.29, 0.717) is 6.54 Å². The predicted molar refractivity (Wildman–Crippen MR) is 91.5 cm³/mol. The number of carbonyl (C=O) groups excluding carboxylic acids is 1. The molecular formula is C18H22ClN3O. The SMILES string of the molecule is Cc1cc(CN(C(=O)CCl)C2CCc3ccccc3C2)n(C)n1. The van der Waals surface area contributed by atoms with E-state index >= 15 is 0 Å². The van der Waals surface area contributed by atoms with Crippen molar-refractivity contribution in [2.75, 3.05) is 5.88 Å². The quantitative estimate of drug-likeness (QED) is 0.808. The molecule has 5 heteroatoms. The molecule has 1 aromatic carbocycles. The zero-order valence-corrected chi connectivity index (χ0v) is 14.4. The van der Waals surface area contributed by atoms with Crippen LogP contribution >= 0.6 is 11.6 Å². The van der Waals surface area contributed by atoms with Crippen LogP contribution < -0.4 is 0 Å². The Kier molecular flexibility index (Phi) is 4.71. The lowest BCUT2D eigenvalue weighted by Gasteiger charge is -2.35. The fraction of sp³-hybridized carbons (Fsp3) is 0.444. The van der Waals surface area contributed by atoms with Gasteiger partial charge >= 0.3 is 0 Å². The van der Waals surface area contributed by atoms with Crippen LogP contribution in [0.2, 0.25) is 0 Å². The number of rotatable bonds is 4. The highest BCUT2D eigenvalue weighted by atomic mass is 35.5. The lowest BCUT2D eigenvalue weighted by molar-refractivity contribution is -0.131. The van der Waals surface area contributed by atoms with Gasteiger partial charge in [0.1, 0.15) is 5.88 Å². The molecule has 0 bridgehead atoms. The first kappa shape index (κ1) is 16.1. The van der Waals surface area contributed by atoms with Gasteiger partial charge in [-0.05, 0) is 43.4 Å². The largest absolute Gasteiger partial charge is 0.332 e. The van der Waals surface area contributed by atoms with Crippen LogP contribution in [0.15, 0.2) is 30.3 Å². The number of hydrogen-bond donors (Lipinski definition) is 0. The molecule has 0 saturated heterocycles. The highest BCUT2D eigenvalue weighted by molar-refractivity contribution is 6.27. The van der Waals surface area contributed by atoms with E-state index < -0.39 is 0 Å². The fourth-order valence-corrected chi connectivity index (χ4v) is 3.58. The van der Waals surface area contributed by atoms with Crippen LogP contribution in [0.4, 0.5) is 0 Å². The Bertz CT molecular complexity index is 710. The van der Waals surface area contributed by atoms with Crippen molar-refractivity contribution < 1.29 is 4.79 Å². The first-order valence-corrected chi connectivity index (χ1v) is 8.53. The summed E-state index contributed by atoms with van der Waals surface area (Å²) in [5.41, 5.74) is 4.75. The Hall–Kier alpha value is -1.81. The second kappa shape index (κ2) is 6.75. The van der Waals surface area contributed by atoms with Crippen LogP contribution in [0, 0.1) is 6.92 Å². The summed E-state index contributed by atoms with van der Waals surface area (Å²) in [6, 6.07) is 10.7. The van der Waals surface area contributed by atoms with Gasteiger partial charge in [0.2, 0.25) is 5.91 Å². The van der Waals surface area contributed by atoms with Crippen molar-refractivity contribution in [3.63, 3.8) is 0 Å². The summed E-state index contributed by atoms with van der Waals surface area (Å²) in [7, 11) is 1.92. The summed E-state index contributed by atoms with van der Waals surface area (Å²) < 4.78 is 1.85. The third kappa shape index (κ3) is 3.42. The maximum absolute atomic E-state index is 12.4. The van der Waals surface area contributed by atoms with Crippen molar-refractivity contribution in [3.05, 3.63) is 52.8 Å². The van der Waals surface area contributed by atoms with Gasteiger partial charge in [-0.25, -0.2) is 0 Å².